The molecule has 1 atom stereocenters. The number of hydrogen-bond acceptors (Lipinski definition) is 10. The van der Waals surface area contributed by atoms with Gasteiger partial charge < -0.3 is 25.2 Å². The van der Waals surface area contributed by atoms with Crippen LogP contribution in [0.25, 0.3) is 11.1 Å². The minimum Gasteiger partial charge on any atom is -0.493 e. The van der Waals surface area contributed by atoms with Gasteiger partial charge in [-0.2, -0.15) is 0 Å². The normalized spacial score (nSPS) is 17.8. The first-order chi connectivity index (χ1) is 28.1. The Morgan fingerprint density at radius 1 is 0.897 bits per heavy atom. The van der Waals surface area contributed by atoms with E-state index in [0.29, 0.717) is 68.4 Å². The van der Waals surface area contributed by atoms with Crippen LogP contribution >= 0.6 is 0 Å². The molecule has 2 saturated heterocycles. The number of aliphatic imine (C=N–C) groups is 1. The van der Waals surface area contributed by atoms with Crippen LogP contribution in [0.5, 0.6) is 5.75 Å². The molecule has 2 fully saturated rings. The van der Waals surface area contributed by atoms with Crippen molar-refractivity contribution < 1.29 is 37.5 Å². The predicted molar refractivity (Wildman–Crippen MR) is 215 cm³/mol. The van der Waals surface area contributed by atoms with Crippen LogP contribution < -0.4 is 20.7 Å². The average Bonchev–Trinajstić information content (AvgIpc) is 3.47. The van der Waals surface area contributed by atoms with E-state index in [2.05, 4.69) is 25.8 Å². The summed E-state index contributed by atoms with van der Waals surface area (Å²) in [4.78, 5) is 72.2. The van der Waals surface area contributed by atoms with Crippen molar-refractivity contribution in [3.05, 3.63) is 76.4 Å². The highest BCUT2D eigenvalue weighted by Gasteiger charge is 2.45. The number of rotatable bonds is 14. The van der Waals surface area contributed by atoms with Crippen LogP contribution in [0.15, 0.2) is 47.5 Å². The number of carbonyl (C=O) groups excluding carboxylic acids is 5. The van der Waals surface area contributed by atoms with Gasteiger partial charge in [-0.1, -0.05) is 44.7 Å². The van der Waals surface area contributed by atoms with Gasteiger partial charge in [0.2, 0.25) is 17.7 Å². The maximum Gasteiger partial charge on any atom is 0.264 e. The van der Waals surface area contributed by atoms with Crippen LogP contribution in [0.2, 0.25) is 0 Å². The highest BCUT2D eigenvalue weighted by molar-refractivity contribution is 6.25. The van der Waals surface area contributed by atoms with Crippen molar-refractivity contribution >= 4 is 46.7 Å². The number of imide groups is 2. The van der Waals surface area contributed by atoms with Crippen molar-refractivity contribution in [1.29, 1.82) is 0 Å². The van der Waals surface area contributed by atoms with Crippen molar-refractivity contribution in [2.24, 2.45) is 4.99 Å². The van der Waals surface area contributed by atoms with Gasteiger partial charge in [0.1, 0.15) is 30.1 Å². The molecule has 306 valence electrons. The van der Waals surface area contributed by atoms with Crippen LogP contribution in [0.3, 0.4) is 0 Å². The molecule has 0 radical (unpaired) electrons. The third kappa shape index (κ3) is 8.12. The predicted octanol–water partition coefficient (Wildman–Crippen LogP) is 5.86. The van der Waals surface area contributed by atoms with Crippen LogP contribution in [-0.2, 0) is 14.4 Å². The number of fused-ring (bicyclic) bond motifs is 2. The Morgan fingerprint density at radius 2 is 1.64 bits per heavy atom. The number of carbonyl (C=O) groups is 5. The maximum absolute atomic E-state index is 16.5. The lowest BCUT2D eigenvalue weighted by Gasteiger charge is -2.38. The first-order valence-corrected chi connectivity index (χ1v) is 20.2. The van der Waals surface area contributed by atoms with E-state index in [4.69, 9.17) is 4.74 Å². The number of anilines is 2. The van der Waals surface area contributed by atoms with Crippen LogP contribution in [-0.4, -0.2) is 102 Å². The zero-order valence-corrected chi connectivity index (χ0v) is 32.9. The summed E-state index contributed by atoms with van der Waals surface area (Å²) in [7, 11) is 0. The number of aryl methyl sites for hydroxylation is 1. The topological polar surface area (TPSA) is 153 Å². The monoisotopic (exact) mass is 797 g/mol. The Kier molecular flexibility index (Phi) is 12.3. The van der Waals surface area contributed by atoms with E-state index in [1.54, 1.807) is 37.3 Å². The number of nitrogens with zero attached hydrogens (tertiary/aromatic N) is 4. The summed E-state index contributed by atoms with van der Waals surface area (Å²) in [5.74, 6) is -2.20. The summed E-state index contributed by atoms with van der Waals surface area (Å²) in [5.41, 5.74) is 2.71. The molecule has 3 aromatic carbocycles. The van der Waals surface area contributed by atoms with Gasteiger partial charge in [0, 0.05) is 62.4 Å². The summed E-state index contributed by atoms with van der Waals surface area (Å²) in [5, 5.41) is 8.56. The minimum atomic E-state index is -1.01. The van der Waals surface area contributed by atoms with Gasteiger partial charge in [0.05, 0.1) is 29.0 Å². The van der Waals surface area contributed by atoms with Crippen LogP contribution in [0, 0.1) is 18.6 Å². The number of ether oxygens (including phenoxy) is 1. The Labute approximate surface area is 336 Å². The zero-order chi connectivity index (χ0) is 40.9. The van der Waals surface area contributed by atoms with E-state index in [1.807, 2.05) is 17.9 Å². The molecule has 0 bridgehead atoms. The van der Waals surface area contributed by atoms with Gasteiger partial charge >= 0.3 is 0 Å². The molecule has 58 heavy (non-hydrogen) atoms. The average molecular weight is 798 g/mol. The van der Waals surface area contributed by atoms with Gasteiger partial charge in [-0.25, -0.2) is 13.8 Å². The fourth-order valence-electron chi connectivity index (χ4n) is 8.24. The molecular formula is C43H49F2N7O6. The Balaban J connectivity index is 0.881. The number of hydrogen-bond donors (Lipinski definition) is 3. The first kappa shape index (κ1) is 40.3. The second kappa shape index (κ2) is 17.7. The summed E-state index contributed by atoms with van der Waals surface area (Å²) in [6.45, 7) is 7.05. The van der Waals surface area contributed by atoms with Gasteiger partial charge in [-0.05, 0) is 62.1 Å². The molecule has 0 aliphatic carbocycles. The van der Waals surface area contributed by atoms with Crippen molar-refractivity contribution in [3.8, 4) is 16.9 Å². The fourth-order valence-corrected chi connectivity index (χ4v) is 8.24. The van der Waals surface area contributed by atoms with Crippen LogP contribution in [0.4, 0.5) is 20.2 Å². The van der Waals surface area contributed by atoms with E-state index in [0.717, 1.165) is 43.4 Å². The highest BCUT2D eigenvalue weighted by atomic mass is 19.1. The second-order valence-electron chi connectivity index (χ2n) is 15.0. The lowest BCUT2D eigenvalue weighted by atomic mass is 9.93. The molecule has 7 rings (SSSR count). The first-order valence-electron chi connectivity index (χ1n) is 20.2. The number of piperazine rings is 1. The Hall–Kier alpha value is -5.86. The number of halogens is 2. The summed E-state index contributed by atoms with van der Waals surface area (Å²) in [6, 6.07) is 10.4. The highest BCUT2D eigenvalue weighted by Crippen LogP contribution is 2.41. The van der Waals surface area contributed by atoms with Gasteiger partial charge in [-0.15, -0.1) is 0 Å². The Morgan fingerprint density at radius 3 is 2.40 bits per heavy atom. The molecular weight excluding hydrogens is 749 g/mol. The molecule has 3 N–H and O–H groups in total. The maximum atomic E-state index is 16.5. The summed E-state index contributed by atoms with van der Waals surface area (Å²) >= 11 is 0. The molecule has 4 heterocycles. The van der Waals surface area contributed by atoms with Crippen molar-refractivity contribution in [2.75, 3.05) is 56.6 Å². The smallest absolute Gasteiger partial charge is 0.264 e. The number of unbranched alkanes of at least 4 members (excludes halogenated alkanes) is 5. The SMILES string of the molecule is CCC(=O)N1CCN(C2=NCNc3c2cc(C)c(-c2c(F)cccc2OCCCCCCCCNc2cccc4c2C(=O)N(C2CCC(=O)NC2=O)C4=O)c3F)CC1. The minimum absolute atomic E-state index is 0.0630. The largest absolute Gasteiger partial charge is 0.493 e. The van der Waals surface area contributed by atoms with E-state index < -0.39 is 41.3 Å². The fraction of sp³-hybridized carbons (Fsp3) is 0.442. The third-order valence-electron chi connectivity index (χ3n) is 11.3. The number of amides is 5. The van der Waals surface area contributed by atoms with Crippen molar-refractivity contribution in [1.82, 2.24) is 20.0 Å². The molecule has 13 nitrogen and oxygen atoms in total. The van der Waals surface area contributed by atoms with E-state index >= 15 is 8.78 Å². The summed E-state index contributed by atoms with van der Waals surface area (Å²) < 4.78 is 38.1. The quantitative estimate of drug-likeness (QED) is 0.135. The molecule has 1 unspecified atom stereocenters. The van der Waals surface area contributed by atoms with Gasteiger partial charge in [-0.3, -0.25) is 34.2 Å². The number of amidine groups is 1. The Bertz CT molecular complexity index is 2150. The molecule has 15 heteroatoms. The number of piperidine rings is 1. The lowest BCUT2D eigenvalue weighted by Crippen LogP contribution is -2.54. The second-order valence-corrected chi connectivity index (χ2v) is 15.0. The standard InChI is InChI=1S/C43H49F2N7O6/c1-3-34(54)50-19-21-51(22-20-50)40-28-24-26(2)35(38(45)39(28)47-25-48-40)37-29(44)13-11-15-32(37)58-23-9-7-5-4-6-8-18-46-30-14-10-12-27-36(30)43(57)52(42(27)56)31-16-17-33(53)49-41(31)55/h10-15,24,31,46-47H,3-9,16-23,25H2,1-2H3,(H,49,53,55). The molecule has 4 aliphatic rings. The molecule has 0 aromatic heterocycles. The molecule has 3 aromatic rings. The van der Waals surface area contributed by atoms with E-state index in [1.165, 1.54) is 6.07 Å². The van der Waals surface area contributed by atoms with Crippen LogP contribution in [0.1, 0.15) is 96.6 Å². The lowest BCUT2D eigenvalue weighted by molar-refractivity contribution is -0.136. The number of nitrogens with one attached hydrogen (secondary N) is 3. The van der Waals surface area contributed by atoms with Crippen molar-refractivity contribution in [3.63, 3.8) is 0 Å². The van der Waals surface area contributed by atoms with Crippen molar-refractivity contribution in [2.45, 2.75) is 77.7 Å². The molecule has 0 saturated carbocycles. The zero-order valence-electron chi connectivity index (χ0n) is 32.9. The summed E-state index contributed by atoms with van der Waals surface area (Å²) in [6.07, 6.45) is 5.91. The molecule has 0 spiro atoms. The van der Waals surface area contributed by atoms with E-state index in [-0.39, 0.29) is 59.1 Å². The molecule has 4 aliphatic heterocycles. The third-order valence-corrected chi connectivity index (χ3v) is 11.3. The number of benzene rings is 3. The molecule has 5 amide bonds. The van der Waals surface area contributed by atoms with Gasteiger partial charge in [0.25, 0.3) is 11.8 Å². The van der Waals surface area contributed by atoms with E-state index in [9.17, 15) is 24.0 Å². The van der Waals surface area contributed by atoms with Gasteiger partial charge in [0.15, 0.2) is 5.82 Å².